The molecule has 19 heavy (non-hydrogen) atoms. The third-order valence-electron chi connectivity index (χ3n) is 4.48. The van der Waals surface area contributed by atoms with Crippen LogP contribution in [0.15, 0.2) is 12.1 Å². The summed E-state index contributed by atoms with van der Waals surface area (Å²) in [5, 5.41) is 18.5. The molecule has 3 aliphatic rings. The Morgan fingerprint density at radius 1 is 1.37 bits per heavy atom. The minimum absolute atomic E-state index is 0.0971. The summed E-state index contributed by atoms with van der Waals surface area (Å²) in [4.78, 5) is 0. The van der Waals surface area contributed by atoms with E-state index in [1.165, 1.54) is 0 Å². The number of aliphatic hydroxyl groups excluding tert-OH is 1. The molecule has 1 aliphatic heterocycles. The van der Waals surface area contributed by atoms with Crippen LogP contribution in [0.2, 0.25) is 0 Å². The summed E-state index contributed by atoms with van der Waals surface area (Å²) in [6.45, 7) is 0.671. The van der Waals surface area contributed by atoms with E-state index in [2.05, 4.69) is 6.07 Å². The van der Waals surface area contributed by atoms with Crippen molar-refractivity contribution in [2.24, 2.45) is 0 Å². The van der Waals surface area contributed by atoms with Gasteiger partial charge in [0.1, 0.15) is 23.7 Å². The highest BCUT2D eigenvalue weighted by Gasteiger charge is 2.53. The maximum absolute atomic E-state index is 9.34. The highest BCUT2D eigenvalue weighted by Crippen LogP contribution is 2.59. The fraction of sp³-hybridized carbons (Fsp3) is 0.533. The van der Waals surface area contributed by atoms with E-state index >= 15 is 0 Å². The number of hydrogen-bond acceptors (Lipinski definition) is 4. The molecular formula is C15H15NO3. The van der Waals surface area contributed by atoms with Gasteiger partial charge >= 0.3 is 0 Å². The van der Waals surface area contributed by atoms with Gasteiger partial charge in [-0.3, -0.25) is 0 Å². The number of ether oxygens (including phenoxy) is 2. The first-order valence-electron chi connectivity index (χ1n) is 6.77. The molecule has 4 rings (SSSR count). The van der Waals surface area contributed by atoms with E-state index in [4.69, 9.17) is 14.7 Å². The molecule has 0 bridgehead atoms. The predicted molar refractivity (Wildman–Crippen MR) is 67.2 cm³/mol. The molecule has 0 aromatic heterocycles. The van der Waals surface area contributed by atoms with Crippen molar-refractivity contribution in [3.8, 4) is 17.6 Å². The van der Waals surface area contributed by atoms with E-state index in [-0.39, 0.29) is 17.6 Å². The second kappa shape index (κ2) is 3.64. The predicted octanol–water partition coefficient (Wildman–Crippen LogP) is 1.88. The zero-order valence-corrected chi connectivity index (χ0v) is 10.6. The lowest BCUT2D eigenvalue weighted by Gasteiger charge is -2.32. The van der Waals surface area contributed by atoms with Crippen LogP contribution < -0.4 is 9.47 Å². The van der Waals surface area contributed by atoms with E-state index in [0.29, 0.717) is 25.0 Å². The minimum atomic E-state index is -0.220. The Morgan fingerprint density at radius 2 is 2.16 bits per heavy atom. The van der Waals surface area contributed by atoms with Crippen LogP contribution in [0.1, 0.15) is 36.8 Å². The molecule has 98 valence electrons. The number of nitrogens with zero attached hydrogens (tertiary/aromatic N) is 1. The van der Waals surface area contributed by atoms with Crippen LogP contribution in [0.3, 0.4) is 0 Å². The summed E-state index contributed by atoms with van der Waals surface area (Å²) in [6.07, 6.45) is 3.49. The van der Waals surface area contributed by atoms with Crippen LogP contribution in [-0.4, -0.2) is 23.9 Å². The summed E-state index contributed by atoms with van der Waals surface area (Å²) in [7, 11) is 0. The molecule has 2 saturated carbocycles. The first-order valence-corrected chi connectivity index (χ1v) is 6.77. The normalized spacial score (nSPS) is 29.1. The molecule has 0 atom stereocenters. The summed E-state index contributed by atoms with van der Waals surface area (Å²) in [5.74, 6) is 1.57. The average molecular weight is 257 g/mol. The molecule has 1 aromatic carbocycles. The quantitative estimate of drug-likeness (QED) is 0.878. The van der Waals surface area contributed by atoms with Crippen LogP contribution in [0.25, 0.3) is 0 Å². The molecular weight excluding hydrogens is 242 g/mol. The van der Waals surface area contributed by atoms with Crippen molar-refractivity contribution in [3.05, 3.63) is 23.3 Å². The molecule has 1 N–H and O–H groups in total. The summed E-state index contributed by atoms with van der Waals surface area (Å²) < 4.78 is 11.7. The fourth-order valence-corrected chi connectivity index (χ4v) is 3.04. The van der Waals surface area contributed by atoms with Crippen LogP contribution in [0, 0.1) is 11.3 Å². The van der Waals surface area contributed by atoms with Crippen molar-refractivity contribution >= 4 is 0 Å². The lowest BCUT2D eigenvalue weighted by molar-refractivity contribution is -0.0112. The highest BCUT2D eigenvalue weighted by atomic mass is 16.5. The summed E-state index contributed by atoms with van der Waals surface area (Å²) in [5.41, 5.74) is 1.78. The van der Waals surface area contributed by atoms with E-state index in [1.807, 2.05) is 6.07 Å². The monoisotopic (exact) mass is 257 g/mol. The number of benzene rings is 1. The number of rotatable bonds is 2. The Labute approximate surface area is 111 Å². The zero-order valence-electron chi connectivity index (χ0n) is 10.6. The van der Waals surface area contributed by atoms with Crippen molar-refractivity contribution in [2.45, 2.75) is 43.3 Å². The van der Waals surface area contributed by atoms with Crippen LogP contribution >= 0.6 is 0 Å². The molecule has 0 unspecified atom stereocenters. The molecule has 0 amide bonds. The van der Waals surface area contributed by atoms with Gasteiger partial charge in [-0.05, 0) is 25.0 Å². The van der Waals surface area contributed by atoms with Gasteiger partial charge in [0.15, 0.2) is 0 Å². The molecule has 2 fully saturated rings. The zero-order chi connectivity index (χ0) is 13.0. The van der Waals surface area contributed by atoms with Gasteiger partial charge in [-0.2, -0.15) is 5.26 Å². The highest BCUT2D eigenvalue weighted by molar-refractivity contribution is 5.62. The molecule has 1 heterocycles. The Morgan fingerprint density at radius 3 is 2.79 bits per heavy atom. The van der Waals surface area contributed by atoms with Crippen molar-refractivity contribution in [1.29, 1.82) is 5.26 Å². The summed E-state index contributed by atoms with van der Waals surface area (Å²) >= 11 is 0. The van der Waals surface area contributed by atoms with E-state index in [0.717, 1.165) is 29.9 Å². The Bertz CT molecular complexity index is 580. The second-order valence-electron chi connectivity index (χ2n) is 5.86. The number of hydrogen-bond donors (Lipinski definition) is 1. The molecule has 2 aliphatic carbocycles. The van der Waals surface area contributed by atoms with Crippen LogP contribution in [-0.2, 0) is 5.41 Å². The van der Waals surface area contributed by atoms with Gasteiger partial charge in [0.25, 0.3) is 0 Å². The summed E-state index contributed by atoms with van der Waals surface area (Å²) in [6, 6.07) is 5.84. The van der Waals surface area contributed by atoms with Gasteiger partial charge < -0.3 is 14.6 Å². The number of aliphatic hydroxyl groups is 1. The van der Waals surface area contributed by atoms with Gasteiger partial charge in [-0.25, -0.2) is 0 Å². The molecule has 4 heteroatoms. The van der Waals surface area contributed by atoms with Gasteiger partial charge in [-0.1, -0.05) is 0 Å². The Hall–Kier alpha value is -1.73. The topological polar surface area (TPSA) is 62.5 Å². The maximum Gasteiger partial charge on any atom is 0.144 e. The minimum Gasteiger partial charge on any atom is -0.491 e. The van der Waals surface area contributed by atoms with Crippen LogP contribution in [0.5, 0.6) is 11.5 Å². The van der Waals surface area contributed by atoms with Gasteiger partial charge in [0.2, 0.25) is 0 Å². The van der Waals surface area contributed by atoms with Crippen LogP contribution in [0.4, 0.5) is 0 Å². The van der Waals surface area contributed by atoms with E-state index in [1.54, 1.807) is 6.07 Å². The molecule has 0 radical (unpaired) electrons. The van der Waals surface area contributed by atoms with E-state index in [9.17, 15) is 5.11 Å². The number of fused-ring (bicyclic) bond motifs is 2. The van der Waals surface area contributed by atoms with Gasteiger partial charge in [0, 0.05) is 23.8 Å². The third-order valence-corrected chi connectivity index (χ3v) is 4.48. The maximum atomic E-state index is 9.34. The molecule has 4 nitrogen and oxygen atoms in total. The first-order chi connectivity index (χ1) is 9.22. The molecule has 1 aromatic rings. The Kier molecular flexibility index (Phi) is 2.13. The smallest absolute Gasteiger partial charge is 0.144 e. The Balaban J connectivity index is 1.72. The van der Waals surface area contributed by atoms with E-state index < -0.39 is 0 Å². The van der Waals surface area contributed by atoms with Crippen molar-refractivity contribution < 1.29 is 14.6 Å². The van der Waals surface area contributed by atoms with Crippen molar-refractivity contribution in [3.63, 3.8) is 0 Å². The lowest BCUT2D eigenvalue weighted by atomic mass is 9.91. The van der Waals surface area contributed by atoms with Gasteiger partial charge in [0.05, 0.1) is 18.3 Å². The third kappa shape index (κ3) is 1.55. The molecule has 1 spiro atoms. The van der Waals surface area contributed by atoms with Gasteiger partial charge in [-0.15, -0.1) is 0 Å². The molecule has 0 saturated heterocycles. The fourth-order valence-electron chi connectivity index (χ4n) is 3.04. The lowest BCUT2D eigenvalue weighted by Crippen LogP contribution is -2.37. The average Bonchev–Trinajstić information content (AvgIpc) is 3.04. The largest absolute Gasteiger partial charge is 0.491 e. The standard InChI is InChI=1S/C15H15NO3/c16-7-9-1-2-12(19-11-5-10(17)6-11)13-14(9)18-8-15(13)3-4-15/h1-2,10-11,17H,3-6,8H2/t10-,11+. The second-order valence-corrected chi connectivity index (χ2v) is 5.86. The van der Waals surface area contributed by atoms with Crippen molar-refractivity contribution in [1.82, 2.24) is 0 Å². The number of nitriles is 1. The van der Waals surface area contributed by atoms with Crippen molar-refractivity contribution in [2.75, 3.05) is 6.61 Å². The SMILES string of the molecule is N#Cc1ccc(O[C@H]2C[C@@H](O)C2)c2c1OCC21CC1. The first kappa shape index (κ1) is 11.1.